The number of ether oxygens (including phenoxy) is 1. The molecule has 0 fully saturated rings. The maximum Gasteiger partial charge on any atom is 0.284 e. The maximum atomic E-state index is 6.05. The molecule has 0 amide bonds. The third-order valence-electron chi connectivity index (χ3n) is 4.14. The summed E-state index contributed by atoms with van der Waals surface area (Å²) in [7, 11) is 3.76. The molecule has 4 aromatic rings. The lowest BCUT2D eigenvalue weighted by Crippen LogP contribution is -2.35. The normalized spacial score (nSPS) is 11.3. The lowest BCUT2D eigenvalue weighted by Gasteiger charge is -2.07. The quantitative estimate of drug-likeness (QED) is 0.269. The molecule has 0 N–H and O–H groups in total. The van der Waals surface area contributed by atoms with Crippen LogP contribution >= 0.6 is 22.6 Å². The molecule has 0 aliphatic heterocycles. The second-order valence-electron chi connectivity index (χ2n) is 5.42. The fraction of sp³-hybridized carbons (Fsp3) is 0.105. The Kier molecular flexibility index (Phi) is 3.49. The number of para-hydroxylation sites is 2. The number of benzene rings is 2. The Bertz CT molecular complexity index is 1040. The number of rotatable bonds is 2. The molecule has 0 saturated heterocycles. The first-order chi connectivity index (χ1) is 11.2. The molecular weight excluding hydrogens is 401 g/mol. The van der Waals surface area contributed by atoms with Gasteiger partial charge in [-0.3, -0.25) is 0 Å². The van der Waals surface area contributed by atoms with Crippen LogP contribution in [-0.4, -0.2) is 7.11 Å². The third kappa shape index (κ3) is 2.20. The van der Waals surface area contributed by atoms with Gasteiger partial charge < -0.3 is 9.15 Å². The third-order valence-corrected chi connectivity index (χ3v) is 5.35. The average molecular weight is 416 g/mol. The van der Waals surface area contributed by atoms with Crippen molar-refractivity contribution in [3.05, 3.63) is 58.3 Å². The van der Waals surface area contributed by atoms with Gasteiger partial charge in [0.1, 0.15) is 18.4 Å². The molecular formula is C19H15INO2+. The van der Waals surface area contributed by atoms with E-state index < -0.39 is 0 Å². The topological polar surface area (TPSA) is 26.2 Å². The molecule has 0 atom stereocenters. The zero-order valence-corrected chi connectivity index (χ0v) is 15.0. The van der Waals surface area contributed by atoms with E-state index in [0.717, 1.165) is 42.6 Å². The molecule has 3 nitrogen and oxygen atoms in total. The Morgan fingerprint density at radius 1 is 1.00 bits per heavy atom. The Morgan fingerprint density at radius 3 is 2.57 bits per heavy atom. The van der Waals surface area contributed by atoms with Crippen LogP contribution in [0.3, 0.4) is 0 Å². The van der Waals surface area contributed by atoms with Crippen molar-refractivity contribution in [2.45, 2.75) is 0 Å². The second-order valence-corrected chi connectivity index (χ2v) is 6.44. The number of halogens is 1. The summed E-state index contributed by atoms with van der Waals surface area (Å²) in [4.78, 5) is 0. The number of hydrogen-bond acceptors (Lipinski definition) is 2. The van der Waals surface area contributed by atoms with Crippen molar-refractivity contribution in [1.82, 2.24) is 0 Å². The average Bonchev–Trinajstić information content (AvgIpc) is 2.97. The molecule has 4 heteroatoms. The Labute approximate surface area is 147 Å². The number of methoxy groups -OCH3 is 1. The smallest absolute Gasteiger partial charge is 0.284 e. The molecule has 114 valence electrons. The van der Waals surface area contributed by atoms with Crippen LogP contribution < -0.4 is 9.30 Å². The first-order valence-electron chi connectivity index (χ1n) is 7.34. The SMILES string of the molecule is COc1ccccc1-c1cc2c(oc3ccccc32)c(I)[n+]1C. The maximum absolute atomic E-state index is 6.05. The monoisotopic (exact) mass is 416 g/mol. The first-order valence-corrected chi connectivity index (χ1v) is 8.41. The summed E-state index contributed by atoms with van der Waals surface area (Å²) < 4.78 is 14.8. The number of nitrogens with zero attached hydrogens (tertiary/aromatic N) is 1. The van der Waals surface area contributed by atoms with E-state index in [9.17, 15) is 0 Å². The second kappa shape index (κ2) is 5.53. The van der Waals surface area contributed by atoms with Gasteiger partial charge in [-0.25, -0.2) is 0 Å². The van der Waals surface area contributed by atoms with Gasteiger partial charge in [0.05, 0.1) is 12.7 Å². The highest BCUT2D eigenvalue weighted by Gasteiger charge is 2.23. The van der Waals surface area contributed by atoms with Crippen LogP contribution in [-0.2, 0) is 7.05 Å². The highest BCUT2D eigenvalue weighted by Crippen LogP contribution is 2.35. The van der Waals surface area contributed by atoms with E-state index in [-0.39, 0.29) is 0 Å². The van der Waals surface area contributed by atoms with Crippen LogP contribution in [0.25, 0.3) is 33.2 Å². The van der Waals surface area contributed by atoms with E-state index >= 15 is 0 Å². The van der Waals surface area contributed by atoms with Crippen molar-refractivity contribution < 1.29 is 13.7 Å². The predicted molar refractivity (Wildman–Crippen MR) is 99.6 cm³/mol. The van der Waals surface area contributed by atoms with Gasteiger partial charge in [0.15, 0.2) is 0 Å². The van der Waals surface area contributed by atoms with Gasteiger partial charge in [0.25, 0.3) is 3.70 Å². The molecule has 0 aliphatic rings. The Morgan fingerprint density at radius 2 is 1.74 bits per heavy atom. The highest BCUT2D eigenvalue weighted by molar-refractivity contribution is 14.1. The summed E-state index contributed by atoms with van der Waals surface area (Å²) in [5, 5.41) is 2.26. The molecule has 0 unspecified atom stereocenters. The minimum absolute atomic E-state index is 0.867. The Balaban J connectivity index is 2.11. The molecule has 0 aliphatic carbocycles. The van der Waals surface area contributed by atoms with E-state index in [1.807, 2.05) is 36.4 Å². The fourth-order valence-corrected chi connectivity index (χ4v) is 3.63. The zero-order chi connectivity index (χ0) is 16.0. The standard InChI is InChI=1S/C19H15INO2/c1-21-15(13-8-4-5-9-16(13)22-2)11-14-12-7-3-6-10-17(12)23-18(14)19(21)20/h3-11H,1-2H3/q+1. The molecule has 0 spiro atoms. The fourth-order valence-electron chi connectivity index (χ4n) is 2.97. The molecule has 0 radical (unpaired) electrons. The molecule has 4 rings (SSSR count). The van der Waals surface area contributed by atoms with E-state index in [1.165, 1.54) is 0 Å². The van der Waals surface area contributed by atoms with Gasteiger partial charge in [-0.05, 0) is 18.2 Å². The number of fused-ring (bicyclic) bond motifs is 3. The van der Waals surface area contributed by atoms with Gasteiger partial charge in [0, 0.05) is 39.4 Å². The van der Waals surface area contributed by atoms with Crippen molar-refractivity contribution in [3.8, 4) is 17.0 Å². The molecule has 0 saturated carbocycles. The van der Waals surface area contributed by atoms with Crippen molar-refractivity contribution in [1.29, 1.82) is 0 Å². The minimum atomic E-state index is 0.867. The molecule has 2 heterocycles. The van der Waals surface area contributed by atoms with Crippen LogP contribution in [0.5, 0.6) is 5.75 Å². The summed E-state index contributed by atoms with van der Waals surface area (Å²) >= 11 is 2.34. The molecule has 0 bridgehead atoms. The summed E-state index contributed by atoms with van der Waals surface area (Å²) in [5.41, 5.74) is 4.01. The van der Waals surface area contributed by atoms with Crippen LogP contribution in [0.15, 0.2) is 59.0 Å². The van der Waals surface area contributed by atoms with Gasteiger partial charge in [0.2, 0.25) is 11.3 Å². The zero-order valence-electron chi connectivity index (χ0n) is 12.8. The van der Waals surface area contributed by atoms with Gasteiger partial charge in [-0.2, -0.15) is 4.57 Å². The number of pyridine rings is 1. The van der Waals surface area contributed by atoms with Gasteiger partial charge in [-0.15, -0.1) is 0 Å². The van der Waals surface area contributed by atoms with E-state index in [1.54, 1.807) is 7.11 Å². The highest BCUT2D eigenvalue weighted by atomic mass is 127. The predicted octanol–water partition coefficient (Wildman–Crippen LogP) is 4.69. The van der Waals surface area contributed by atoms with Gasteiger partial charge >= 0.3 is 0 Å². The van der Waals surface area contributed by atoms with Crippen LogP contribution in [0.2, 0.25) is 0 Å². The lowest BCUT2D eigenvalue weighted by molar-refractivity contribution is -0.672. The summed E-state index contributed by atoms with van der Waals surface area (Å²) in [6.07, 6.45) is 0. The van der Waals surface area contributed by atoms with E-state index in [4.69, 9.17) is 9.15 Å². The van der Waals surface area contributed by atoms with Gasteiger partial charge in [-0.1, -0.05) is 30.3 Å². The van der Waals surface area contributed by atoms with E-state index in [2.05, 4.69) is 52.4 Å². The summed E-state index contributed by atoms with van der Waals surface area (Å²) in [6.45, 7) is 0. The van der Waals surface area contributed by atoms with Crippen molar-refractivity contribution >= 4 is 44.5 Å². The molecule has 2 aromatic heterocycles. The number of hydrogen-bond donors (Lipinski definition) is 0. The van der Waals surface area contributed by atoms with E-state index in [0.29, 0.717) is 0 Å². The Hall–Kier alpha value is -2.08. The summed E-state index contributed by atoms with van der Waals surface area (Å²) in [6, 6.07) is 18.4. The summed E-state index contributed by atoms with van der Waals surface area (Å²) in [5.74, 6) is 0.867. The van der Waals surface area contributed by atoms with Crippen molar-refractivity contribution in [2.75, 3.05) is 7.11 Å². The molecule has 2 aromatic carbocycles. The van der Waals surface area contributed by atoms with Crippen molar-refractivity contribution in [2.24, 2.45) is 7.05 Å². The lowest BCUT2D eigenvalue weighted by atomic mass is 10.1. The van der Waals surface area contributed by atoms with Crippen molar-refractivity contribution in [3.63, 3.8) is 0 Å². The van der Waals surface area contributed by atoms with Crippen LogP contribution in [0.4, 0.5) is 0 Å². The van der Waals surface area contributed by atoms with Crippen LogP contribution in [0, 0.1) is 3.70 Å². The largest absolute Gasteiger partial charge is 0.496 e. The minimum Gasteiger partial charge on any atom is -0.496 e. The number of aromatic nitrogens is 1. The first kappa shape index (κ1) is 14.5. The van der Waals surface area contributed by atoms with Crippen LogP contribution in [0.1, 0.15) is 0 Å². The molecule has 23 heavy (non-hydrogen) atoms. The number of furan rings is 1.